The minimum absolute atomic E-state index is 0.253. The molecule has 0 saturated carbocycles. The SMILES string of the molecule is CN1CCN(C2CN(C(=O)c3ccccc3C(F)(F)F)C2)CC1. The van der Waals surface area contributed by atoms with Crippen LogP contribution in [0.4, 0.5) is 13.2 Å². The van der Waals surface area contributed by atoms with Crippen LogP contribution in [-0.4, -0.2) is 73.0 Å². The Morgan fingerprint density at radius 3 is 2.30 bits per heavy atom. The van der Waals surface area contributed by atoms with E-state index in [1.54, 1.807) is 0 Å². The zero-order valence-corrected chi connectivity index (χ0v) is 13.0. The van der Waals surface area contributed by atoms with Gasteiger partial charge in [-0.1, -0.05) is 12.1 Å². The van der Waals surface area contributed by atoms with Gasteiger partial charge in [-0.15, -0.1) is 0 Å². The zero-order chi connectivity index (χ0) is 16.6. The van der Waals surface area contributed by atoms with E-state index in [1.165, 1.54) is 23.1 Å². The fourth-order valence-corrected chi connectivity index (χ4v) is 3.13. The average molecular weight is 327 g/mol. The number of benzene rings is 1. The Bertz CT molecular complexity index is 576. The lowest BCUT2D eigenvalue weighted by molar-refractivity contribution is -0.138. The maximum atomic E-state index is 13.0. The number of nitrogens with zero attached hydrogens (tertiary/aromatic N) is 3. The summed E-state index contributed by atoms with van der Waals surface area (Å²) in [4.78, 5) is 18.4. The molecule has 0 N–H and O–H groups in total. The van der Waals surface area contributed by atoms with Gasteiger partial charge in [-0.25, -0.2) is 0 Å². The third-order valence-corrected chi connectivity index (χ3v) is 4.67. The second-order valence-corrected chi connectivity index (χ2v) is 6.25. The Labute approximate surface area is 133 Å². The third kappa shape index (κ3) is 3.35. The van der Waals surface area contributed by atoms with Gasteiger partial charge in [0.2, 0.25) is 0 Å². The lowest BCUT2D eigenvalue weighted by Crippen LogP contribution is -2.64. The van der Waals surface area contributed by atoms with Crippen LogP contribution in [-0.2, 0) is 6.18 Å². The average Bonchev–Trinajstić information content (AvgIpc) is 2.47. The normalized spacial score (nSPS) is 21.3. The smallest absolute Gasteiger partial charge is 0.335 e. The number of piperazine rings is 1. The van der Waals surface area contributed by atoms with Gasteiger partial charge >= 0.3 is 6.18 Å². The monoisotopic (exact) mass is 327 g/mol. The van der Waals surface area contributed by atoms with E-state index < -0.39 is 17.6 Å². The van der Waals surface area contributed by atoms with Crippen LogP contribution in [0.25, 0.3) is 0 Å². The molecule has 2 fully saturated rings. The van der Waals surface area contributed by atoms with Crippen LogP contribution >= 0.6 is 0 Å². The molecule has 1 amide bonds. The van der Waals surface area contributed by atoms with Crippen molar-refractivity contribution in [2.45, 2.75) is 12.2 Å². The van der Waals surface area contributed by atoms with Crippen LogP contribution < -0.4 is 0 Å². The maximum absolute atomic E-state index is 13.0. The fraction of sp³-hybridized carbons (Fsp3) is 0.562. The minimum Gasteiger partial charge on any atom is -0.335 e. The molecule has 0 aliphatic carbocycles. The molecule has 2 aliphatic heterocycles. The molecule has 0 bridgehead atoms. The van der Waals surface area contributed by atoms with E-state index in [9.17, 15) is 18.0 Å². The number of likely N-dealkylation sites (N-methyl/N-ethyl adjacent to an activating group) is 1. The highest BCUT2D eigenvalue weighted by Gasteiger charge is 2.40. The van der Waals surface area contributed by atoms with Crippen molar-refractivity contribution >= 4 is 5.91 Å². The maximum Gasteiger partial charge on any atom is 0.417 e. The Kier molecular flexibility index (Phi) is 4.33. The van der Waals surface area contributed by atoms with Crippen LogP contribution in [0.2, 0.25) is 0 Å². The van der Waals surface area contributed by atoms with Gasteiger partial charge in [0, 0.05) is 45.3 Å². The van der Waals surface area contributed by atoms with Crippen molar-refractivity contribution < 1.29 is 18.0 Å². The van der Waals surface area contributed by atoms with Gasteiger partial charge < -0.3 is 9.80 Å². The first-order chi connectivity index (χ1) is 10.9. The quantitative estimate of drug-likeness (QED) is 0.828. The summed E-state index contributed by atoms with van der Waals surface area (Å²) in [5.41, 5.74) is -1.11. The Morgan fingerprint density at radius 1 is 1.09 bits per heavy atom. The molecule has 2 saturated heterocycles. The second-order valence-electron chi connectivity index (χ2n) is 6.25. The summed E-state index contributed by atoms with van der Waals surface area (Å²) in [6, 6.07) is 5.27. The van der Waals surface area contributed by atoms with Gasteiger partial charge in [-0.3, -0.25) is 9.69 Å². The van der Waals surface area contributed by atoms with E-state index in [4.69, 9.17) is 0 Å². The lowest BCUT2D eigenvalue weighted by atomic mass is 10.0. The predicted molar refractivity (Wildman–Crippen MR) is 80.2 cm³/mol. The molecule has 0 radical (unpaired) electrons. The first kappa shape index (κ1) is 16.3. The minimum atomic E-state index is -4.51. The van der Waals surface area contributed by atoms with E-state index in [-0.39, 0.29) is 11.6 Å². The van der Waals surface area contributed by atoms with Gasteiger partial charge in [0.1, 0.15) is 0 Å². The molecule has 1 aromatic rings. The number of hydrogen-bond donors (Lipinski definition) is 0. The molecule has 1 aromatic carbocycles. The van der Waals surface area contributed by atoms with Crippen molar-refractivity contribution in [3.63, 3.8) is 0 Å². The molecular formula is C16H20F3N3O. The Balaban J connectivity index is 1.63. The summed E-state index contributed by atoms with van der Waals surface area (Å²) in [6.07, 6.45) is -4.51. The first-order valence-electron chi connectivity index (χ1n) is 7.74. The standard InChI is InChI=1S/C16H20F3N3O/c1-20-6-8-21(9-7-20)12-10-22(11-12)15(23)13-4-2-3-5-14(13)16(17,18)19/h2-5,12H,6-11H2,1H3. The van der Waals surface area contributed by atoms with Gasteiger partial charge in [0.15, 0.2) is 0 Å². The van der Waals surface area contributed by atoms with Crippen LogP contribution in [0.15, 0.2) is 24.3 Å². The van der Waals surface area contributed by atoms with E-state index in [0.29, 0.717) is 13.1 Å². The number of alkyl halides is 3. The van der Waals surface area contributed by atoms with Crippen molar-refractivity contribution in [1.82, 2.24) is 14.7 Å². The summed E-state index contributed by atoms with van der Waals surface area (Å²) in [6.45, 7) is 4.89. The van der Waals surface area contributed by atoms with E-state index in [0.717, 1.165) is 32.2 Å². The van der Waals surface area contributed by atoms with Crippen molar-refractivity contribution in [3.8, 4) is 0 Å². The molecule has 0 spiro atoms. The van der Waals surface area contributed by atoms with E-state index in [1.807, 2.05) is 0 Å². The summed E-state index contributed by atoms with van der Waals surface area (Å²) < 4.78 is 39.0. The van der Waals surface area contributed by atoms with Crippen LogP contribution in [0.1, 0.15) is 15.9 Å². The van der Waals surface area contributed by atoms with Crippen molar-refractivity contribution in [1.29, 1.82) is 0 Å². The number of halogens is 3. The summed E-state index contributed by atoms with van der Waals surface area (Å²) in [5.74, 6) is -0.525. The van der Waals surface area contributed by atoms with Gasteiger partial charge in [0.05, 0.1) is 11.1 Å². The molecule has 0 aromatic heterocycles. The zero-order valence-electron chi connectivity index (χ0n) is 13.0. The predicted octanol–water partition coefficient (Wildman–Crippen LogP) is 1.78. The molecule has 0 atom stereocenters. The van der Waals surface area contributed by atoms with Crippen LogP contribution in [0.3, 0.4) is 0 Å². The third-order valence-electron chi connectivity index (χ3n) is 4.67. The Morgan fingerprint density at radius 2 is 1.70 bits per heavy atom. The number of hydrogen-bond acceptors (Lipinski definition) is 3. The first-order valence-corrected chi connectivity index (χ1v) is 7.74. The summed E-state index contributed by atoms with van der Waals surface area (Å²) in [5, 5.41) is 0. The van der Waals surface area contributed by atoms with Crippen molar-refractivity contribution in [3.05, 3.63) is 35.4 Å². The topological polar surface area (TPSA) is 26.8 Å². The summed E-state index contributed by atoms with van der Waals surface area (Å²) >= 11 is 0. The van der Waals surface area contributed by atoms with Crippen molar-refractivity contribution in [2.24, 2.45) is 0 Å². The molecule has 7 heteroatoms. The molecule has 2 heterocycles. The van der Waals surface area contributed by atoms with Crippen LogP contribution in [0, 0.1) is 0 Å². The van der Waals surface area contributed by atoms with E-state index in [2.05, 4.69) is 16.8 Å². The molecule has 0 unspecified atom stereocenters. The van der Waals surface area contributed by atoms with Gasteiger partial charge in [-0.2, -0.15) is 13.2 Å². The van der Waals surface area contributed by atoms with Gasteiger partial charge in [-0.05, 0) is 19.2 Å². The Hall–Kier alpha value is -1.60. The summed E-state index contributed by atoms with van der Waals surface area (Å²) in [7, 11) is 2.07. The highest BCUT2D eigenvalue weighted by molar-refractivity contribution is 5.96. The molecule has 2 aliphatic rings. The molecule has 126 valence electrons. The second kappa shape index (κ2) is 6.13. The highest BCUT2D eigenvalue weighted by atomic mass is 19.4. The number of amides is 1. The fourth-order valence-electron chi connectivity index (χ4n) is 3.13. The molecule has 4 nitrogen and oxygen atoms in total. The largest absolute Gasteiger partial charge is 0.417 e. The number of likely N-dealkylation sites (tertiary alicyclic amines) is 1. The molecule has 3 rings (SSSR count). The van der Waals surface area contributed by atoms with Gasteiger partial charge in [0.25, 0.3) is 5.91 Å². The van der Waals surface area contributed by atoms with Crippen molar-refractivity contribution in [2.75, 3.05) is 46.3 Å². The highest BCUT2D eigenvalue weighted by Crippen LogP contribution is 2.33. The van der Waals surface area contributed by atoms with E-state index >= 15 is 0 Å². The number of carbonyl (C=O) groups excluding carboxylic acids is 1. The number of carbonyl (C=O) groups is 1. The van der Waals surface area contributed by atoms with Crippen LogP contribution in [0.5, 0.6) is 0 Å². The lowest BCUT2D eigenvalue weighted by Gasteiger charge is -2.47. The molecule has 23 heavy (non-hydrogen) atoms. The molecular weight excluding hydrogens is 307 g/mol. The number of rotatable bonds is 2.